The zero-order valence-corrected chi connectivity index (χ0v) is 12.6. The van der Waals surface area contributed by atoms with Crippen molar-refractivity contribution in [1.82, 2.24) is 0 Å². The van der Waals surface area contributed by atoms with E-state index in [1.807, 2.05) is 32.9 Å². The van der Waals surface area contributed by atoms with Gasteiger partial charge in [0.2, 0.25) is 0 Å². The maximum Gasteiger partial charge on any atom is 0.146 e. The Morgan fingerprint density at radius 1 is 1.50 bits per heavy atom. The molecule has 0 amide bonds. The van der Waals surface area contributed by atoms with E-state index in [-0.39, 0.29) is 17.5 Å². The number of alkyl halides is 1. The Morgan fingerprint density at radius 2 is 2.22 bits per heavy atom. The smallest absolute Gasteiger partial charge is 0.146 e. The predicted molar refractivity (Wildman–Crippen MR) is 75.9 cm³/mol. The molecule has 18 heavy (non-hydrogen) atoms. The van der Waals surface area contributed by atoms with Crippen LogP contribution in [-0.4, -0.2) is 24.8 Å². The molecule has 1 unspecified atom stereocenters. The maximum atomic E-state index is 14.1. The molecule has 1 saturated heterocycles. The van der Waals surface area contributed by atoms with E-state index in [1.165, 1.54) is 0 Å². The summed E-state index contributed by atoms with van der Waals surface area (Å²) in [5.41, 5.74) is 1.39. The maximum absolute atomic E-state index is 14.1. The lowest BCUT2D eigenvalue weighted by atomic mass is 10.0. The minimum atomic E-state index is -0.238. The molecule has 1 fully saturated rings. The molecule has 0 aromatic heterocycles. The summed E-state index contributed by atoms with van der Waals surface area (Å²) < 4.78 is 19.9. The first-order valence-corrected chi connectivity index (χ1v) is 7.30. The molecule has 0 N–H and O–H groups in total. The monoisotopic (exact) mass is 315 g/mol. The van der Waals surface area contributed by atoms with Gasteiger partial charge in [0.15, 0.2) is 0 Å². The fourth-order valence-electron chi connectivity index (χ4n) is 2.53. The molecule has 1 heterocycles. The van der Waals surface area contributed by atoms with Gasteiger partial charge in [-0.05, 0) is 38.5 Å². The third-order valence-corrected chi connectivity index (χ3v) is 3.72. The van der Waals surface area contributed by atoms with E-state index in [0.29, 0.717) is 17.6 Å². The van der Waals surface area contributed by atoms with Gasteiger partial charge in [-0.25, -0.2) is 4.39 Å². The third-order valence-electron chi connectivity index (χ3n) is 3.08. The summed E-state index contributed by atoms with van der Waals surface area (Å²) in [5, 5.41) is 0.676. The predicted octanol–water partition coefficient (Wildman–Crippen LogP) is 3.72. The molecule has 4 heteroatoms. The first kappa shape index (κ1) is 13.8. The Kier molecular flexibility index (Phi) is 3.97. The van der Waals surface area contributed by atoms with E-state index < -0.39 is 0 Å². The van der Waals surface area contributed by atoms with Crippen molar-refractivity contribution in [1.29, 1.82) is 0 Å². The highest BCUT2D eigenvalue weighted by Gasteiger charge is 2.32. The van der Waals surface area contributed by atoms with Gasteiger partial charge in [-0.1, -0.05) is 22.0 Å². The number of benzene rings is 1. The second kappa shape index (κ2) is 5.17. The van der Waals surface area contributed by atoms with Gasteiger partial charge < -0.3 is 9.64 Å². The van der Waals surface area contributed by atoms with Crippen molar-refractivity contribution in [3.05, 3.63) is 29.6 Å². The molecule has 0 bridgehead atoms. The number of anilines is 1. The van der Waals surface area contributed by atoms with Crippen molar-refractivity contribution in [2.45, 2.75) is 37.8 Å². The second-order valence-electron chi connectivity index (χ2n) is 5.49. The van der Waals surface area contributed by atoms with Gasteiger partial charge >= 0.3 is 0 Å². The number of ether oxygens (including phenoxy) is 1. The van der Waals surface area contributed by atoms with Crippen LogP contribution < -0.4 is 4.90 Å². The highest BCUT2D eigenvalue weighted by Crippen LogP contribution is 2.28. The highest BCUT2D eigenvalue weighted by atomic mass is 79.9. The van der Waals surface area contributed by atoms with Crippen LogP contribution in [0.2, 0.25) is 0 Å². The Bertz CT molecular complexity index is 436. The molecule has 0 spiro atoms. The van der Waals surface area contributed by atoms with Crippen LogP contribution in [0.4, 0.5) is 10.1 Å². The standard InChI is InChI=1S/C14H19BrFNO/c1-10-8-17(9-14(2,3)18-10)13-5-4-11(7-15)6-12(13)16/h4-6,10H,7-9H2,1-3H3. The Labute approximate surface area is 116 Å². The molecule has 1 atom stereocenters. The van der Waals surface area contributed by atoms with Gasteiger partial charge in [-0.3, -0.25) is 0 Å². The Balaban J connectivity index is 2.25. The second-order valence-corrected chi connectivity index (χ2v) is 6.05. The normalized spacial score (nSPS) is 23.2. The minimum Gasteiger partial charge on any atom is -0.369 e. The lowest BCUT2D eigenvalue weighted by Crippen LogP contribution is -2.52. The molecule has 0 radical (unpaired) electrons. The van der Waals surface area contributed by atoms with Gasteiger partial charge in [0.1, 0.15) is 5.82 Å². The molecule has 100 valence electrons. The SMILES string of the molecule is CC1CN(c2ccc(CBr)cc2F)CC(C)(C)O1. The number of hydrogen-bond acceptors (Lipinski definition) is 2. The van der Waals surface area contributed by atoms with E-state index in [9.17, 15) is 4.39 Å². The summed E-state index contributed by atoms with van der Waals surface area (Å²) in [4.78, 5) is 2.07. The van der Waals surface area contributed by atoms with Gasteiger partial charge in [-0.15, -0.1) is 0 Å². The van der Waals surface area contributed by atoms with Crippen LogP contribution in [0.15, 0.2) is 18.2 Å². The summed E-state index contributed by atoms with van der Waals surface area (Å²) >= 11 is 3.34. The quantitative estimate of drug-likeness (QED) is 0.771. The molecular weight excluding hydrogens is 297 g/mol. The number of morpholine rings is 1. The van der Waals surface area contributed by atoms with Gasteiger partial charge in [-0.2, -0.15) is 0 Å². The van der Waals surface area contributed by atoms with Crippen LogP contribution in [0.5, 0.6) is 0 Å². The molecule has 0 aliphatic carbocycles. The lowest BCUT2D eigenvalue weighted by Gasteiger charge is -2.43. The van der Waals surface area contributed by atoms with E-state index in [1.54, 1.807) is 6.07 Å². The van der Waals surface area contributed by atoms with Crippen LogP contribution in [0.25, 0.3) is 0 Å². The largest absolute Gasteiger partial charge is 0.369 e. The molecule has 1 aromatic carbocycles. The van der Waals surface area contributed by atoms with Crippen molar-refractivity contribution in [3.63, 3.8) is 0 Å². The van der Waals surface area contributed by atoms with Crippen LogP contribution >= 0.6 is 15.9 Å². The van der Waals surface area contributed by atoms with Crippen LogP contribution in [-0.2, 0) is 10.1 Å². The molecule has 2 rings (SSSR count). The van der Waals surface area contributed by atoms with E-state index in [2.05, 4.69) is 20.8 Å². The van der Waals surface area contributed by atoms with Crippen molar-refractivity contribution >= 4 is 21.6 Å². The van der Waals surface area contributed by atoms with E-state index >= 15 is 0 Å². The third kappa shape index (κ3) is 3.04. The Morgan fingerprint density at radius 3 is 2.78 bits per heavy atom. The minimum absolute atomic E-state index is 0.115. The van der Waals surface area contributed by atoms with Crippen LogP contribution in [0, 0.1) is 5.82 Å². The molecular formula is C14H19BrFNO. The Hall–Kier alpha value is -0.610. The molecule has 1 aromatic rings. The zero-order valence-electron chi connectivity index (χ0n) is 11.0. The summed E-state index contributed by atoms with van der Waals surface area (Å²) in [6.07, 6.45) is 0.115. The van der Waals surface area contributed by atoms with Crippen molar-refractivity contribution in [2.75, 3.05) is 18.0 Å². The summed E-state index contributed by atoms with van der Waals surface area (Å²) in [5.74, 6) is -0.156. The first-order valence-electron chi connectivity index (χ1n) is 6.18. The van der Waals surface area contributed by atoms with Crippen LogP contribution in [0.1, 0.15) is 26.3 Å². The number of rotatable bonds is 2. The number of halogens is 2. The van der Waals surface area contributed by atoms with Crippen molar-refractivity contribution in [2.24, 2.45) is 0 Å². The van der Waals surface area contributed by atoms with Gasteiger partial charge in [0, 0.05) is 18.4 Å². The average molecular weight is 316 g/mol. The fourth-order valence-corrected chi connectivity index (χ4v) is 2.88. The van der Waals surface area contributed by atoms with Gasteiger partial charge in [0.25, 0.3) is 0 Å². The van der Waals surface area contributed by atoms with Gasteiger partial charge in [0.05, 0.1) is 17.4 Å². The molecule has 1 aliphatic heterocycles. The fraction of sp³-hybridized carbons (Fsp3) is 0.571. The number of hydrogen-bond donors (Lipinski definition) is 0. The zero-order chi connectivity index (χ0) is 13.3. The first-order chi connectivity index (χ1) is 8.41. The highest BCUT2D eigenvalue weighted by molar-refractivity contribution is 9.08. The lowest BCUT2D eigenvalue weighted by molar-refractivity contribution is -0.0751. The summed E-state index contributed by atoms with van der Waals surface area (Å²) in [7, 11) is 0. The molecule has 0 saturated carbocycles. The topological polar surface area (TPSA) is 12.5 Å². The number of nitrogens with zero attached hydrogens (tertiary/aromatic N) is 1. The van der Waals surface area contributed by atoms with Crippen molar-refractivity contribution < 1.29 is 9.13 Å². The van der Waals surface area contributed by atoms with E-state index in [0.717, 1.165) is 12.1 Å². The van der Waals surface area contributed by atoms with E-state index in [4.69, 9.17) is 4.74 Å². The summed E-state index contributed by atoms with van der Waals surface area (Å²) in [6.45, 7) is 7.55. The van der Waals surface area contributed by atoms with Crippen LogP contribution in [0.3, 0.4) is 0 Å². The molecule has 2 nitrogen and oxygen atoms in total. The molecule has 1 aliphatic rings. The van der Waals surface area contributed by atoms with Crippen molar-refractivity contribution in [3.8, 4) is 0 Å². The average Bonchev–Trinajstić information content (AvgIpc) is 2.25. The summed E-state index contributed by atoms with van der Waals surface area (Å²) in [6, 6.07) is 5.41.